The van der Waals surface area contributed by atoms with E-state index in [1.807, 2.05) is 7.05 Å². The Morgan fingerprint density at radius 1 is 1.14 bits per heavy atom. The molecule has 0 aromatic heterocycles. The van der Waals surface area contributed by atoms with Crippen molar-refractivity contribution < 1.29 is 39.5 Å². The van der Waals surface area contributed by atoms with Crippen LogP contribution in [0.4, 0.5) is 0 Å². The number of guanidine groups is 1. The molecule has 6 aliphatic rings. The molecule has 0 aromatic rings. The summed E-state index contributed by atoms with van der Waals surface area (Å²) < 4.78 is 12.4. The second kappa shape index (κ2) is 14.9. The number of carbonyl (C=O) groups is 3. The smallest absolute Gasteiger partial charge is 0.350 e. The van der Waals surface area contributed by atoms with E-state index in [9.17, 15) is 14.4 Å². The molecule has 0 bridgehead atoms. The second-order valence-electron chi connectivity index (χ2n) is 16.0. The van der Waals surface area contributed by atoms with E-state index in [4.69, 9.17) is 15.2 Å². The summed E-state index contributed by atoms with van der Waals surface area (Å²) in [5.74, 6) is 0.0718. The maximum Gasteiger partial charge on any atom is 0.350 e. The van der Waals surface area contributed by atoms with E-state index < -0.39 is 23.1 Å². The number of likely N-dealkylation sites (N-methyl/N-ethyl adjacent to an activating group) is 1. The van der Waals surface area contributed by atoms with E-state index >= 15 is 0 Å². The average Bonchev–Trinajstić information content (AvgIpc) is 3.86. The van der Waals surface area contributed by atoms with Crippen LogP contribution < -0.4 is 32.0 Å². The third kappa shape index (κ3) is 6.77. The normalized spacial score (nSPS) is 41.6. The van der Waals surface area contributed by atoms with Crippen LogP contribution in [0.3, 0.4) is 0 Å². The molecule has 5 fully saturated rings. The van der Waals surface area contributed by atoms with Gasteiger partial charge in [0, 0.05) is 49.4 Å². The number of nitrogens with one attached hydrogen (secondary N) is 3. The number of Topliss-reactive ketones (excluding diaryl/α,β-unsaturated/α-hetero) is 2. The lowest BCUT2D eigenvalue weighted by Crippen LogP contribution is -2.95. The highest BCUT2D eigenvalue weighted by Crippen LogP contribution is 2.61. The van der Waals surface area contributed by atoms with Crippen molar-refractivity contribution in [1.82, 2.24) is 10.6 Å². The van der Waals surface area contributed by atoms with E-state index in [-0.39, 0.29) is 54.2 Å². The summed E-state index contributed by atoms with van der Waals surface area (Å²) in [6, 6.07) is 0.220. The minimum absolute atomic E-state index is 0.0725. The average molecular weight is 684 g/mol. The van der Waals surface area contributed by atoms with Crippen molar-refractivity contribution in [2.75, 3.05) is 33.3 Å². The highest BCUT2D eigenvalue weighted by atomic mass is 16.7. The first-order valence-corrected chi connectivity index (χ1v) is 19.4. The first kappa shape index (κ1) is 36.2. The molecule has 49 heavy (non-hydrogen) atoms. The summed E-state index contributed by atoms with van der Waals surface area (Å²) in [7, 11) is 1.93. The van der Waals surface area contributed by atoms with Crippen LogP contribution in [0.15, 0.2) is 23.8 Å². The van der Waals surface area contributed by atoms with E-state index in [1.54, 1.807) is 0 Å². The summed E-state index contributed by atoms with van der Waals surface area (Å²) >= 11 is 0. The van der Waals surface area contributed by atoms with Crippen LogP contribution in [0, 0.1) is 29.6 Å². The monoisotopic (exact) mass is 683 g/mol. The topological polar surface area (TPSA) is 170 Å². The molecule has 272 valence electrons. The van der Waals surface area contributed by atoms with Gasteiger partial charge in [-0.2, -0.15) is 0 Å². The van der Waals surface area contributed by atoms with Gasteiger partial charge in [0.05, 0.1) is 32.2 Å². The number of hydrogen-bond donors (Lipinski definition) is 6. The molecule has 3 saturated heterocycles. The molecule has 11 heteroatoms. The fourth-order valence-electron chi connectivity index (χ4n) is 10.1. The van der Waals surface area contributed by atoms with Gasteiger partial charge in [0.25, 0.3) is 5.60 Å². The van der Waals surface area contributed by atoms with Crippen molar-refractivity contribution in [3.63, 3.8) is 0 Å². The van der Waals surface area contributed by atoms with E-state index in [1.165, 1.54) is 0 Å². The lowest BCUT2D eigenvalue weighted by molar-refractivity contribution is -0.699. The number of hydrogen-bond acceptors (Lipinski definition) is 6. The first-order valence-electron chi connectivity index (χ1n) is 19.4. The zero-order valence-corrected chi connectivity index (χ0v) is 30.4. The molecule has 3 aliphatic carbocycles. The third-order valence-electron chi connectivity index (χ3n) is 12.9. The highest BCUT2D eigenvalue weighted by molar-refractivity contribution is 6.23. The summed E-state index contributed by atoms with van der Waals surface area (Å²) in [6.45, 7) is 9.45. The van der Waals surface area contributed by atoms with Crippen molar-refractivity contribution in [1.29, 1.82) is 0 Å². The minimum Gasteiger partial charge on any atom is -0.463 e. The number of carbonyl (C=O) groups excluding carboxylic acids is 3. The molecule has 0 radical (unpaired) electrons. The van der Waals surface area contributed by atoms with E-state index in [0.717, 1.165) is 89.0 Å². The number of epoxide rings is 1. The first-order chi connectivity index (χ1) is 23.6. The van der Waals surface area contributed by atoms with Crippen LogP contribution in [-0.4, -0.2) is 85.7 Å². The van der Waals surface area contributed by atoms with Crippen molar-refractivity contribution >= 4 is 23.5 Å². The van der Waals surface area contributed by atoms with Crippen LogP contribution in [-0.2, 0) is 23.9 Å². The lowest BCUT2D eigenvalue weighted by atomic mass is 9.61. The molecule has 2 saturated carbocycles. The Labute approximate surface area is 292 Å². The van der Waals surface area contributed by atoms with Crippen molar-refractivity contribution in [2.24, 2.45) is 35.3 Å². The van der Waals surface area contributed by atoms with Crippen LogP contribution in [0.25, 0.3) is 0 Å². The summed E-state index contributed by atoms with van der Waals surface area (Å²) in [4.78, 5) is 46.2. The quantitative estimate of drug-likeness (QED) is 0.0720. The number of nitrogens with two attached hydrogens (primary N) is 3. The Hall–Kier alpha value is -2.60. The number of piperidine rings is 1. The third-order valence-corrected chi connectivity index (χ3v) is 12.9. The van der Waals surface area contributed by atoms with Crippen LogP contribution in [0.1, 0.15) is 97.8 Å². The standard InChI is InChI=1S/C38H60N6O5/c1-5-25-12-13-30(41-6-2)26(20-25)23-48-34(47)38-33(46)29-11-8-7-10-28(29)32(45)37(38,49-38)17-14-24(3)22-36(27-15-19-42-31(39)21-27)16-9-18-43-35(40-4)44-36/h12-14,25-31,41-42H,5-11,15-23,39H2,1-4H3,(H2,40,43,44)/p+3/t25-,26-,27?,28?,29?,30+,31?,36+,37-,38-/m0/s1. The van der Waals surface area contributed by atoms with Gasteiger partial charge in [-0.3, -0.25) is 30.9 Å². The lowest BCUT2D eigenvalue weighted by Gasteiger charge is -2.41. The van der Waals surface area contributed by atoms with Crippen molar-refractivity contribution in [2.45, 2.75) is 127 Å². The number of allylic oxidation sites excluding steroid dienone is 1. The van der Waals surface area contributed by atoms with Crippen LogP contribution >= 0.6 is 0 Å². The van der Waals surface area contributed by atoms with Gasteiger partial charge in [0.2, 0.25) is 0 Å². The van der Waals surface area contributed by atoms with Gasteiger partial charge >= 0.3 is 11.9 Å². The summed E-state index contributed by atoms with van der Waals surface area (Å²) in [5, 5.41) is 11.8. The highest BCUT2D eigenvalue weighted by Gasteiger charge is 2.87. The van der Waals surface area contributed by atoms with Crippen molar-refractivity contribution in [3.8, 4) is 0 Å². The SMILES string of the molecule is CC[NH2+][C@@H]1C=C[C@H](CC)C[C@H]1COC(=O)[C@]12O[C@@]1(CC=C(C)C[C@@]1(C3CC[NH2+]C(N)C3)CCCNC(=[NH+]C)N1)C(=O)C1CCCCC1C2=O. The molecule has 3 aliphatic heterocycles. The Bertz CT molecular complexity index is 1350. The number of ether oxygens (including phenoxy) is 2. The van der Waals surface area contributed by atoms with Gasteiger partial charge in [-0.15, -0.1) is 0 Å². The zero-order valence-electron chi connectivity index (χ0n) is 30.4. The molecular weight excluding hydrogens is 620 g/mol. The molecule has 10 atom stereocenters. The largest absolute Gasteiger partial charge is 0.463 e. The van der Waals surface area contributed by atoms with Crippen LogP contribution in [0.5, 0.6) is 0 Å². The predicted octanol–water partition coefficient (Wildman–Crippen LogP) is -0.687. The van der Waals surface area contributed by atoms with Gasteiger partial charge in [-0.25, -0.2) is 4.79 Å². The van der Waals surface area contributed by atoms with Gasteiger partial charge in [-0.05, 0) is 64.4 Å². The maximum absolute atomic E-state index is 14.4. The number of ketones is 2. The fraction of sp³-hybridized carbons (Fsp3) is 0.789. The number of esters is 1. The van der Waals surface area contributed by atoms with Gasteiger partial charge < -0.3 is 20.1 Å². The Morgan fingerprint density at radius 3 is 2.63 bits per heavy atom. The Balaban J connectivity index is 1.25. The van der Waals surface area contributed by atoms with Gasteiger partial charge in [0.1, 0.15) is 18.8 Å². The molecule has 0 aromatic carbocycles. The fourth-order valence-corrected chi connectivity index (χ4v) is 10.1. The Morgan fingerprint density at radius 2 is 1.92 bits per heavy atom. The molecule has 6 rings (SSSR count). The van der Waals surface area contributed by atoms with Gasteiger partial charge in [-0.1, -0.05) is 37.5 Å². The predicted molar refractivity (Wildman–Crippen MR) is 186 cm³/mol. The number of quaternary nitrogens is 2. The number of fused-ring (bicyclic) bond motifs is 2. The zero-order chi connectivity index (χ0) is 34.8. The van der Waals surface area contributed by atoms with Gasteiger partial charge in [0.15, 0.2) is 17.2 Å². The molecule has 0 amide bonds. The van der Waals surface area contributed by atoms with E-state index in [2.05, 4.69) is 65.3 Å². The molecular formula is C38H63N6O5+3. The van der Waals surface area contributed by atoms with E-state index in [0.29, 0.717) is 24.7 Å². The molecule has 9 N–H and O–H groups in total. The van der Waals surface area contributed by atoms with Crippen LogP contribution in [0.2, 0.25) is 0 Å². The second-order valence-corrected chi connectivity index (χ2v) is 16.0. The molecule has 3 heterocycles. The Kier molecular flexibility index (Phi) is 11.0. The summed E-state index contributed by atoms with van der Waals surface area (Å²) in [5.41, 5.74) is 4.05. The summed E-state index contributed by atoms with van der Waals surface area (Å²) in [6.07, 6.45) is 16.7. The molecule has 4 unspecified atom stereocenters. The minimum atomic E-state index is -1.83. The van der Waals surface area contributed by atoms with Crippen molar-refractivity contribution in [3.05, 3.63) is 23.8 Å². The number of rotatable bonds is 11. The maximum atomic E-state index is 14.4. The molecule has 0 spiro atoms. The molecule has 11 nitrogen and oxygen atoms in total.